The molecule has 1 atom stereocenters. The van der Waals surface area contributed by atoms with Crippen molar-refractivity contribution in [1.82, 2.24) is 4.90 Å². The summed E-state index contributed by atoms with van der Waals surface area (Å²) in [6.45, 7) is 3.46. The van der Waals surface area contributed by atoms with E-state index in [-0.39, 0.29) is 25.0 Å². The largest absolute Gasteiger partial charge is 0.493 e. The third kappa shape index (κ3) is 4.11. The first kappa shape index (κ1) is 15.6. The van der Waals surface area contributed by atoms with Crippen LogP contribution < -0.4 is 9.47 Å². The summed E-state index contributed by atoms with van der Waals surface area (Å²) < 4.78 is 10.8. The predicted molar refractivity (Wildman–Crippen MR) is 79.6 cm³/mol. The van der Waals surface area contributed by atoms with E-state index in [4.69, 9.17) is 9.47 Å². The second-order valence-electron chi connectivity index (χ2n) is 5.47. The van der Waals surface area contributed by atoms with E-state index in [9.17, 15) is 9.90 Å². The van der Waals surface area contributed by atoms with Crippen molar-refractivity contribution in [2.24, 2.45) is 5.92 Å². The molecule has 1 N–H and O–H groups in total. The number of aryl methyl sites for hydroxylation is 1. The van der Waals surface area contributed by atoms with Crippen molar-refractivity contribution in [1.29, 1.82) is 0 Å². The number of piperidine rings is 1. The predicted octanol–water partition coefficient (Wildman–Crippen LogP) is 1.61. The molecular weight excluding hydrogens is 270 g/mol. The van der Waals surface area contributed by atoms with Gasteiger partial charge in [-0.2, -0.15) is 0 Å². The number of carbonyl (C=O) groups excluding carboxylic acids is 1. The lowest BCUT2D eigenvalue weighted by atomic mass is 9.99. The van der Waals surface area contributed by atoms with E-state index in [0.29, 0.717) is 18.0 Å². The summed E-state index contributed by atoms with van der Waals surface area (Å²) in [5, 5.41) is 9.21. The summed E-state index contributed by atoms with van der Waals surface area (Å²) in [4.78, 5) is 13.9. The smallest absolute Gasteiger partial charge is 0.260 e. The second-order valence-corrected chi connectivity index (χ2v) is 5.47. The Morgan fingerprint density at radius 3 is 2.95 bits per heavy atom. The average molecular weight is 293 g/mol. The van der Waals surface area contributed by atoms with Crippen molar-refractivity contribution < 1.29 is 19.4 Å². The average Bonchev–Trinajstić information content (AvgIpc) is 2.53. The van der Waals surface area contributed by atoms with Crippen LogP contribution >= 0.6 is 0 Å². The standard InChI is InChI=1S/C16H23NO4/c1-12-5-6-14(15(8-12)20-2)21-11-16(19)17-7-3-4-13(9-17)10-18/h5-6,8,13,18H,3-4,7,9-11H2,1-2H3. The quantitative estimate of drug-likeness (QED) is 0.896. The summed E-state index contributed by atoms with van der Waals surface area (Å²) in [6.07, 6.45) is 1.91. The first-order valence-corrected chi connectivity index (χ1v) is 7.30. The molecule has 116 valence electrons. The van der Waals surface area contributed by atoms with Crippen molar-refractivity contribution >= 4 is 5.91 Å². The van der Waals surface area contributed by atoms with Gasteiger partial charge in [0.15, 0.2) is 18.1 Å². The van der Waals surface area contributed by atoms with Crippen LogP contribution in [0.2, 0.25) is 0 Å². The minimum absolute atomic E-state index is 0.00241. The maximum Gasteiger partial charge on any atom is 0.260 e. The van der Waals surface area contributed by atoms with Gasteiger partial charge in [0.2, 0.25) is 0 Å². The summed E-state index contributed by atoms with van der Waals surface area (Å²) >= 11 is 0. The molecule has 0 bridgehead atoms. The van der Waals surface area contributed by atoms with Crippen LogP contribution in [0.25, 0.3) is 0 Å². The topological polar surface area (TPSA) is 59.0 Å². The Labute approximate surface area is 125 Å². The van der Waals surface area contributed by atoms with E-state index in [1.165, 1.54) is 0 Å². The molecule has 0 saturated carbocycles. The Morgan fingerprint density at radius 2 is 2.24 bits per heavy atom. The molecule has 1 aliphatic heterocycles. The number of methoxy groups -OCH3 is 1. The second kappa shape index (κ2) is 7.31. The van der Waals surface area contributed by atoms with Gasteiger partial charge in [-0.05, 0) is 43.4 Å². The van der Waals surface area contributed by atoms with Crippen LogP contribution in [0.3, 0.4) is 0 Å². The zero-order valence-electron chi connectivity index (χ0n) is 12.7. The zero-order chi connectivity index (χ0) is 15.2. The van der Waals surface area contributed by atoms with E-state index in [2.05, 4.69) is 0 Å². The molecule has 1 saturated heterocycles. The third-order valence-electron chi connectivity index (χ3n) is 3.80. The summed E-state index contributed by atoms with van der Waals surface area (Å²) in [6, 6.07) is 5.61. The minimum Gasteiger partial charge on any atom is -0.493 e. The van der Waals surface area contributed by atoms with Crippen LogP contribution in [0, 0.1) is 12.8 Å². The first-order valence-electron chi connectivity index (χ1n) is 7.30. The Kier molecular flexibility index (Phi) is 5.44. The molecule has 2 rings (SSSR count). The van der Waals surface area contributed by atoms with Gasteiger partial charge in [-0.3, -0.25) is 4.79 Å². The fraction of sp³-hybridized carbons (Fsp3) is 0.562. The lowest BCUT2D eigenvalue weighted by molar-refractivity contribution is -0.135. The summed E-state index contributed by atoms with van der Waals surface area (Å²) in [5.41, 5.74) is 1.08. The molecule has 0 aromatic heterocycles. The van der Waals surface area contributed by atoms with Gasteiger partial charge in [-0.25, -0.2) is 0 Å². The van der Waals surface area contributed by atoms with E-state index in [1.54, 1.807) is 12.0 Å². The van der Waals surface area contributed by atoms with E-state index >= 15 is 0 Å². The molecule has 1 aliphatic rings. The van der Waals surface area contributed by atoms with E-state index < -0.39 is 0 Å². The molecule has 0 aliphatic carbocycles. The monoisotopic (exact) mass is 293 g/mol. The van der Waals surface area contributed by atoms with Gasteiger partial charge in [-0.1, -0.05) is 6.07 Å². The van der Waals surface area contributed by atoms with Crippen LogP contribution in [0.5, 0.6) is 11.5 Å². The maximum atomic E-state index is 12.2. The third-order valence-corrected chi connectivity index (χ3v) is 3.80. The highest BCUT2D eigenvalue weighted by Gasteiger charge is 2.23. The number of amides is 1. The Balaban J connectivity index is 1.92. The fourth-order valence-corrected chi connectivity index (χ4v) is 2.57. The van der Waals surface area contributed by atoms with Gasteiger partial charge in [0.25, 0.3) is 5.91 Å². The molecule has 5 nitrogen and oxygen atoms in total. The Morgan fingerprint density at radius 1 is 1.43 bits per heavy atom. The Hall–Kier alpha value is -1.75. The van der Waals surface area contributed by atoms with Gasteiger partial charge >= 0.3 is 0 Å². The normalized spacial score (nSPS) is 18.4. The lowest BCUT2D eigenvalue weighted by Gasteiger charge is -2.31. The molecule has 21 heavy (non-hydrogen) atoms. The van der Waals surface area contributed by atoms with E-state index in [1.807, 2.05) is 25.1 Å². The summed E-state index contributed by atoms with van der Waals surface area (Å²) in [7, 11) is 1.58. The van der Waals surface area contributed by atoms with Crippen LogP contribution in [0.15, 0.2) is 18.2 Å². The number of nitrogens with zero attached hydrogens (tertiary/aromatic N) is 1. The minimum atomic E-state index is -0.0456. The summed E-state index contributed by atoms with van der Waals surface area (Å²) in [5.74, 6) is 1.36. The first-order chi connectivity index (χ1) is 10.1. The molecule has 1 amide bonds. The molecular formula is C16H23NO4. The molecule has 1 fully saturated rings. The zero-order valence-corrected chi connectivity index (χ0v) is 12.7. The van der Waals surface area contributed by atoms with Crippen LogP contribution in [-0.4, -0.2) is 49.3 Å². The van der Waals surface area contributed by atoms with Crippen LogP contribution in [0.4, 0.5) is 0 Å². The maximum absolute atomic E-state index is 12.2. The molecule has 0 radical (unpaired) electrons. The number of benzene rings is 1. The highest BCUT2D eigenvalue weighted by molar-refractivity contribution is 5.78. The van der Waals surface area contributed by atoms with Crippen molar-refractivity contribution in [3.8, 4) is 11.5 Å². The number of hydrogen-bond donors (Lipinski definition) is 1. The number of rotatable bonds is 5. The lowest BCUT2D eigenvalue weighted by Crippen LogP contribution is -2.43. The van der Waals surface area contributed by atoms with Crippen molar-refractivity contribution in [2.75, 3.05) is 33.4 Å². The number of aliphatic hydroxyl groups excluding tert-OH is 1. The van der Waals surface area contributed by atoms with Crippen molar-refractivity contribution in [2.45, 2.75) is 19.8 Å². The van der Waals surface area contributed by atoms with Crippen LogP contribution in [0.1, 0.15) is 18.4 Å². The van der Waals surface area contributed by atoms with E-state index in [0.717, 1.165) is 24.9 Å². The molecule has 0 spiro atoms. The number of hydrogen-bond acceptors (Lipinski definition) is 4. The van der Waals surface area contributed by atoms with Gasteiger partial charge in [0.05, 0.1) is 7.11 Å². The van der Waals surface area contributed by atoms with Crippen molar-refractivity contribution in [3.05, 3.63) is 23.8 Å². The highest BCUT2D eigenvalue weighted by atomic mass is 16.5. The van der Waals surface area contributed by atoms with Crippen molar-refractivity contribution in [3.63, 3.8) is 0 Å². The molecule has 1 aromatic carbocycles. The number of likely N-dealkylation sites (tertiary alicyclic amines) is 1. The van der Waals surface area contributed by atoms with Gasteiger partial charge in [-0.15, -0.1) is 0 Å². The molecule has 5 heteroatoms. The van der Waals surface area contributed by atoms with Gasteiger partial charge in [0, 0.05) is 19.7 Å². The molecule has 1 unspecified atom stereocenters. The SMILES string of the molecule is COc1cc(C)ccc1OCC(=O)N1CCCC(CO)C1. The number of ether oxygens (including phenoxy) is 2. The molecule has 1 aromatic rings. The fourth-order valence-electron chi connectivity index (χ4n) is 2.57. The number of carbonyl (C=O) groups is 1. The van der Waals surface area contributed by atoms with Crippen LogP contribution in [-0.2, 0) is 4.79 Å². The molecule has 1 heterocycles. The number of aliphatic hydroxyl groups is 1. The Bertz CT molecular complexity index is 489. The van der Waals surface area contributed by atoms with Gasteiger partial charge in [0.1, 0.15) is 0 Å². The highest BCUT2D eigenvalue weighted by Crippen LogP contribution is 2.27. The van der Waals surface area contributed by atoms with Gasteiger partial charge < -0.3 is 19.5 Å².